The van der Waals surface area contributed by atoms with Gasteiger partial charge >= 0.3 is 0 Å². The zero-order valence-corrected chi connectivity index (χ0v) is 12.6. The van der Waals surface area contributed by atoms with Crippen molar-refractivity contribution in [1.29, 1.82) is 0 Å². The summed E-state index contributed by atoms with van der Waals surface area (Å²) in [5, 5.41) is 13.9. The van der Waals surface area contributed by atoms with E-state index in [2.05, 4.69) is 15.3 Å². The fourth-order valence-corrected chi connectivity index (χ4v) is 3.13. The molecule has 4 nitrogen and oxygen atoms in total. The molecule has 0 N–H and O–H groups in total. The Balaban J connectivity index is 1.86. The Bertz CT molecular complexity index is 961. The Labute approximate surface area is 133 Å². The van der Waals surface area contributed by atoms with Gasteiger partial charge in [0.25, 0.3) is 0 Å². The van der Waals surface area contributed by atoms with Crippen LogP contribution in [0.2, 0.25) is 5.02 Å². The van der Waals surface area contributed by atoms with Crippen molar-refractivity contribution in [1.82, 2.24) is 19.8 Å². The first-order valence-electron chi connectivity index (χ1n) is 6.45. The van der Waals surface area contributed by atoms with Gasteiger partial charge in [-0.3, -0.25) is 0 Å². The number of aromatic nitrogens is 4. The van der Waals surface area contributed by atoms with Crippen LogP contribution in [-0.4, -0.2) is 19.8 Å². The normalized spacial score (nSPS) is 11.2. The number of hydrogen-bond acceptors (Lipinski definition) is 4. The van der Waals surface area contributed by atoms with Crippen molar-refractivity contribution in [2.45, 2.75) is 0 Å². The van der Waals surface area contributed by atoms with E-state index in [-0.39, 0.29) is 5.82 Å². The predicted octanol–water partition coefficient (Wildman–Crippen LogP) is 4.31. The number of rotatable bonds is 2. The van der Waals surface area contributed by atoms with E-state index in [0.717, 1.165) is 5.56 Å². The highest BCUT2D eigenvalue weighted by atomic mass is 35.5. The molecule has 0 aliphatic carbocycles. The summed E-state index contributed by atoms with van der Waals surface area (Å²) in [6, 6.07) is 13.8. The first-order valence-corrected chi connectivity index (χ1v) is 7.65. The van der Waals surface area contributed by atoms with E-state index in [1.807, 2.05) is 12.1 Å². The van der Waals surface area contributed by atoms with Crippen LogP contribution in [0, 0.1) is 5.82 Å². The Morgan fingerprint density at radius 3 is 2.55 bits per heavy atom. The fraction of sp³-hybridized carbons (Fsp3) is 0. The van der Waals surface area contributed by atoms with Gasteiger partial charge in [0.05, 0.1) is 0 Å². The van der Waals surface area contributed by atoms with Crippen LogP contribution in [0.5, 0.6) is 0 Å². The van der Waals surface area contributed by atoms with Gasteiger partial charge in [0, 0.05) is 16.1 Å². The standard InChI is InChI=1S/C15H8ClFN4S/c16-10-7-5-9(6-8-10)13-18-19-15-21(13)20-14(22-15)11-3-1-2-4-12(11)17/h1-8H. The average Bonchev–Trinajstić information content (AvgIpc) is 3.09. The molecule has 0 spiro atoms. The number of fused-ring (bicyclic) bond motifs is 1. The first kappa shape index (κ1) is 13.4. The van der Waals surface area contributed by atoms with Crippen molar-refractivity contribution in [3.05, 3.63) is 59.4 Å². The minimum atomic E-state index is -0.305. The van der Waals surface area contributed by atoms with E-state index in [1.165, 1.54) is 17.4 Å². The molecule has 108 valence electrons. The lowest BCUT2D eigenvalue weighted by Crippen LogP contribution is -1.91. The fourth-order valence-electron chi connectivity index (χ4n) is 2.14. The molecule has 0 radical (unpaired) electrons. The lowest BCUT2D eigenvalue weighted by atomic mass is 10.2. The monoisotopic (exact) mass is 330 g/mol. The minimum absolute atomic E-state index is 0.305. The number of benzene rings is 2. The van der Waals surface area contributed by atoms with Gasteiger partial charge in [-0.15, -0.1) is 10.2 Å². The van der Waals surface area contributed by atoms with Crippen LogP contribution in [-0.2, 0) is 0 Å². The van der Waals surface area contributed by atoms with Crippen molar-refractivity contribution in [2.24, 2.45) is 0 Å². The van der Waals surface area contributed by atoms with E-state index in [0.29, 0.717) is 26.4 Å². The maximum Gasteiger partial charge on any atom is 0.235 e. The number of hydrogen-bond donors (Lipinski definition) is 0. The lowest BCUT2D eigenvalue weighted by molar-refractivity contribution is 0.631. The van der Waals surface area contributed by atoms with Gasteiger partial charge in [-0.25, -0.2) is 4.39 Å². The van der Waals surface area contributed by atoms with Gasteiger partial charge in [-0.2, -0.15) is 9.61 Å². The summed E-state index contributed by atoms with van der Waals surface area (Å²) < 4.78 is 15.5. The molecule has 2 aromatic heterocycles. The van der Waals surface area contributed by atoms with Gasteiger partial charge in [-0.1, -0.05) is 35.1 Å². The molecular weight excluding hydrogens is 323 g/mol. The van der Waals surface area contributed by atoms with Crippen LogP contribution >= 0.6 is 22.9 Å². The second kappa shape index (κ2) is 5.15. The highest BCUT2D eigenvalue weighted by Gasteiger charge is 2.16. The largest absolute Gasteiger partial charge is 0.235 e. The van der Waals surface area contributed by atoms with Crippen LogP contribution in [0.1, 0.15) is 0 Å². The molecule has 4 aromatic rings. The van der Waals surface area contributed by atoms with Gasteiger partial charge in [0.1, 0.15) is 5.82 Å². The van der Waals surface area contributed by atoms with Gasteiger partial charge < -0.3 is 0 Å². The average molecular weight is 331 g/mol. The topological polar surface area (TPSA) is 43.1 Å². The smallest absolute Gasteiger partial charge is 0.206 e. The molecule has 0 unspecified atom stereocenters. The molecular formula is C15H8ClFN4S. The van der Waals surface area contributed by atoms with E-state index >= 15 is 0 Å². The molecule has 0 amide bonds. The maximum absolute atomic E-state index is 13.9. The van der Waals surface area contributed by atoms with Crippen LogP contribution in [0.4, 0.5) is 4.39 Å². The third-order valence-electron chi connectivity index (χ3n) is 3.20. The predicted molar refractivity (Wildman–Crippen MR) is 84.5 cm³/mol. The first-order chi connectivity index (χ1) is 10.7. The third kappa shape index (κ3) is 2.17. The summed E-state index contributed by atoms with van der Waals surface area (Å²) in [6.07, 6.45) is 0. The lowest BCUT2D eigenvalue weighted by Gasteiger charge is -1.98. The van der Waals surface area contributed by atoms with E-state index < -0.39 is 0 Å². The van der Waals surface area contributed by atoms with Crippen LogP contribution in [0.15, 0.2) is 48.5 Å². The highest BCUT2D eigenvalue weighted by molar-refractivity contribution is 7.19. The molecule has 0 saturated carbocycles. The summed E-state index contributed by atoms with van der Waals surface area (Å²) >= 11 is 7.19. The Hall–Kier alpha value is -2.31. The molecule has 2 heterocycles. The summed E-state index contributed by atoms with van der Waals surface area (Å²) in [4.78, 5) is 0.614. The van der Waals surface area contributed by atoms with Crippen molar-refractivity contribution in [3.63, 3.8) is 0 Å². The van der Waals surface area contributed by atoms with Crippen LogP contribution in [0.25, 0.3) is 26.9 Å². The molecule has 0 atom stereocenters. The molecule has 0 fully saturated rings. The molecule has 2 aromatic carbocycles. The van der Waals surface area contributed by atoms with Crippen molar-refractivity contribution in [2.75, 3.05) is 0 Å². The van der Waals surface area contributed by atoms with Crippen LogP contribution < -0.4 is 0 Å². The molecule has 0 bridgehead atoms. The maximum atomic E-state index is 13.9. The number of nitrogens with zero attached hydrogens (tertiary/aromatic N) is 4. The summed E-state index contributed by atoms with van der Waals surface area (Å²) in [6.45, 7) is 0. The molecule has 0 aliphatic heterocycles. The Morgan fingerprint density at radius 2 is 1.77 bits per heavy atom. The SMILES string of the molecule is Fc1ccccc1-c1nn2c(-c3ccc(Cl)cc3)nnc2s1. The van der Waals surface area contributed by atoms with Gasteiger partial charge in [0.15, 0.2) is 10.8 Å². The highest BCUT2D eigenvalue weighted by Crippen LogP contribution is 2.29. The zero-order chi connectivity index (χ0) is 15.1. The van der Waals surface area contributed by atoms with E-state index in [4.69, 9.17) is 11.6 Å². The summed E-state index contributed by atoms with van der Waals surface area (Å²) in [5.74, 6) is 0.297. The summed E-state index contributed by atoms with van der Waals surface area (Å²) in [7, 11) is 0. The van der Waals surface area contributed by atoms with Crippen molar-refractivity contribution >= 4 is 27.9 Å². The number of halogens is 2. The second-order valence-corrected chi connectivity index (χ2v) is 6.00. The second-order valence-electron chi connectivity index (χ2n) is 4.61. The molecule has 7 heteroatoms. The summed E-state index contributed by atoms with van der Waals surface area (Å²) in [5.41, 5.74) is 1.31. The zero-order valence-electron chi connectivity index (χ0n) is 11.1. The molecule has 22 heavy (non-hydrogen) atoms. The van der Waals surface area contributed by atoms with Crippen molar-refractivity contribution < 1.29 is 4.39 Å². The Kier molecular flexibility index (Phi) is 3.13. The van der Waals surface area contributed by atoms with Crippen molar-refractivity contribution in [3.8, 4) is 22.0 Å². The molecule has 0 aliphatic rings. The minimum Gasteiger partial charge on any atom is -0.206 e. The molecule has 4 rings (SSSR count). The van der Waals surface area contributed by atoms with E-state index in [9.17, 15) is 4.39 Å². The molecule has 0 saturated heterocycles. The Morgan fingerprint density at radius 1 is 1.00 bits per heavy atom. The van der Waals surface area contributed by atoms with Gasteiger partial charge in [0.2, 0.25) is 4.96 Å². The third-order valence-corrected chi connectivity index (χ3v) is 4.38. The van der Waals surface area contributed by atoms with Crippen LogP contribution in [0.3, 0.4) is 0 Å². The van der Waals surface area contributed by atoms with E-state index in [1.54, 1.807) is 34.8 Å². The quantitative estimate of drug-likeness (QED) is 0.550. The van der Waals surface area contributed by atoms with Gasteiger partial charge in [-0.05, 0) is 36.4 Å².